The Balaban J connectivity index is 2.37. The molecule has 1 aromatic carbocycles. The summed E-state index contributed by atoms with van der Waals surface area (Å²) in [5, 5.41) is 2.67. The van der Waals surface area contributed by atoms with E-state index < -0.39 is 0 Å². The third kappa shape index (κ3) is 4.34. The molecule has 0 saturated carbocycles. The molecule has 0 aliphatic rings. The van der Waals surface area contributed by atoms with Gasteiger partial charge in [-0.2, -0.15) is 0 Å². The van der Waals surface area contributed by atoms with Crippen molar-refractivity contribution in [1.82, 2.24) is 5.32 Å². The van der Waals surface area contributed by atoms with E-state index in [4.69, 9.17) is 4.74 Å². The predicted molar refractivity (Wildman–Crippen MR) is 63.1 cm³/mol. The minimum atomic E-state index is -0.377. The summed E-state index contributed by atoms with van der Waals surface area (Å²) in [6.07, 6.45) is -0.377. The minimum absolute atomic E-state index is 0.114. The van der Waals surface area contributed by atoms with Crippen LogP contribution in [-0.2, 0) is 4.74 Å². The van der Waals surface area contributed by atoms with Crippen molar-refractivity contribution in [2.75, 3.05) is 13.2 Å². The lowest BCUT2D eigenvalue weighted by atomic mass is 10.1. The molecule has 0 aliphatic heterocycles. The first-order chi connectivity index (χ1) is 7.24. The fourth-order valence-corrected chi connectivity index (χ4v) is 1.60. The van der Waals surface area contributed by atoms with Gasteiger partial charge in [0.2, 0.25) is 0 Å². The van der Waals surface area contributed by atoms with Gasteiger partial charge in [0.25, 0.3) is 0 Å². The Morgan fingerprint density at radius 3 is 2.73 bits per heavy atom. The van der Waals surface area contributed by atoms with Gasteiger partial charge in [0, 0.05) is 6.54 Å². The Bertz CT molecular complexity index is 303. The SMILES string of the molecule is CCOC(=O)NCC(Br)c1ccccc1. The number of carbonyl (C=O) groups is 1. The maximum atomic E-state index is 11.0. The van der Waals surface area contributed by atoms with E-state index in [-0.39, 0.29) is 10.9 Å². The molecule has 4 heteroatoms. The van der Waals surface area contributed by atoms with Crippen LogP contribution in [0.25, 0.3) is 0 Å². The van der Waals surface area contributed by atoms with Crippen molar-refractivity contribution in [1.29, 1.82) is 0 Å². The molecular formula is C11H14BrNO2. The summed E-state index contributed by atoms with van der Waals surface area (Å²) in [7, 11) is 0. The van der Waals surface area contributed by atoms with Crippen molar-refractivity contribution >= 4 is 22.0 Å². The molecule has 0 saturated heterocycles. The summed E-state index contributed by atoms with van der Waals surface area (Å²) in [5.74, 6) is 0. The summed E-state index contributed by atoms with van der Waals surface area (Å²) in [6.45, 7) is 2.69. The van der Waals surface area contributed by atoms with Gasteiger partial charge < -0.3 is 10.1 Å². The molecule has 1 N–H and O–H groups in total. The first-order valence-corrected chi connectivity index (χ1v) is 5.75. The maximum absolute atomic E-state index is 11.0. The van der Waals surface area contributed by atoms with Crippen LogP contribution in [0.1, 0.15) is 17.3 Å². The van der Waals surface area contributed by atoms with Crippen molar-refractivity contribution < 1.29 is 9.53 Å². The van der Waals surface area contributed by atoms with E-state index in [0.29, 0.717) is 13.2 Å². The third-order valence-corrected chi connectivity index (χ3v) is 2.71. The molecule has 0 radical (unpaired) electrons. The molecular weight excluding hydrogens is 258 g/mol. The quantitative estimate of drug-likeness (QED) is 0.856. The van der Waals surface area contributed by atoms with Gasteiger partial charge in [-0.1, -0.05) is 46.3 Å². The number of benzene rings is 1. The summed E-state index contributed by atoms with van der Waals surface area (Å²) in [4.78, 5) is 11.1. The highest BCUT2D eigenvalue weighted by atomic mass is 79.9. The molecule has 15 heavy (non-hydrogen) atoms. The van der Waals surface area contributed by atoms with Crippen molar-refractivity contribution in [3.8, 4) is 0 Å². The zero-order chi connectivity index (χ0) is 11.1. The van der Waals surface area contributed by atoms with Gasteiger partial charge in [-0.05, 0) is 12.5 Å². The maximum Gasteiger partial charge on any atom is 0.407 e. The number of alkyl halides is 1. The minimum Gasteiger partial charge on any atom is -0.450 e. The van der Waals surface area contributed by atoms with E-state index in [1.165, 1.54) is 0 Å². The first-order valence-electron chi connectivity index (χ1n) is 4.83. The van der Waals surface area contributed by atoms with E-state index in [0.717, 1.165) is 5.56 Å². The molecule has 1 aromatic rings. The highest BCUT2D eigenvalue weighted by molar-refractivity contribution is 9.09. The van der Waals surface area contributed by atoms with Crippen molar-refractivity contribution in [3.05, 3.63) is 35.9 Å². The molecule has 0 aromatic heterocycles. The largest absolute Gasteiger partial charge is 0.450 e. The zero-order valence-electron chi connectivity index (χ0n) is 8.57. The summed E-state index contributed by atoms with van der Waals surface area (Å²) < 4.78 is 4.76. The Morgan fingerprint density at radius 2 is 2.13 bits per heavy atom. The van der Waals surface area contributed by atoms with Gasteiger partial charge in [-0.15, -0.1) is 0 Å². The van der Waals surface area contributed by atoms with Crippen LogP contribution in [0.4, 0.5) is 4.79 Å². The Labute approximate surface area is 97.9 Å². The number of halogens is 1. The summed E-state index contributed by atoms with van der Waals surface area (Å²) in [6, 6.07) is 9.91. The second-order valence-electron chi connectivity index (χ2n) is 2.98. The zero-order valence-corrected chi connectivity index (χ0v) is 10.2. The Morgan fingerprint density at radius 1 is 1.47 bits per heavy atom. The lowest BCUT2D eigenvalue weighted by molar-refractivity contribution is 0.152. The van der Waals surface area contributed by atoms with Gasteiger partial charge in [-0.25, -0.2) is 4.79 Å². The van der Waals surface area contributed by atoms with Crippen LogP contribution < -0.4 is 5.32 Å². The van der Waals surface area contributed by atoms with E-state index in [1.54, 1.807) is 6.92 Å². The normalized spacial score (nSPS) is 11.9. The number of rotatable bonds is 4. The van der Waals surface area contributed by atoms with Crippen LogP contribution in [0.15, 0.2) is 30.3 Å². The standard InChI is InChI=1S/C11H14BrNO2/c1-2-15-11(14)13-8-10(12)9-6-4-3-5-7-9/h3-7,10H,2,8H2,1H3,(H,13,14). The van der Waals surface area contributed by atoms with E-state index in [9.17, 15) is 4.79 Å². The highest BCUT2D eigenvalue weighted by Gasteiger charge is 2.08. The molecule has 1 rings (SSSR count). The molecule has 0 aliphatic carbocycles. The number of hydrogen-bond acceptors (Lipinski definition) is 2. The first kappa shape index (κ1) is 12.0. The van der Waals surface area contributed by atoms with E-state index in [1.807, 2.05) is 30.3 Å². The Hall–Kier alpha value is -1.03. The van der Waals surface area contributed by atoms with Gasteiger partial charge >= 0.3 is 6.09 Å². The lowest BCUT2D eigenvalue weighted by Crippen LogP contribution is -2.27. The van der Waals surface area contributed by atoms with E-state index in [2.05, 4.69) is 21.2 Å². The Kier molecular flexibility index (Phi) is 5.18. The monoisotopic (exact) mass is 271 g/mol. The van der Waals surface area contributed by atoms with E-state index >= 15 is 0 Å². The van der Waals surface area contributed by atoms with Gasteiger partial charge in [-0.3, -0.25) is 0 Å². The second kappa shape index (κ2) is 6.45. The molecule has 0 fully saturated rings. The van der Waals surface area contributed by atoms with Crippen LogP contribution in [0.5, 0.6) is 0 Å². The van der Waals surface area contributed by atoms with Crippen LogP contribution in [0.2, 0.25) is 0 Å². The molecule has 1 amide bonds. The van der Waals surface area contributed by atoms with Crippen molar-refractivity contribution in [3.63, 3.8) is 0 Å². The van der Waals surface area contributed by atoms with Crippen molar-refractivity contribution in [2.24, 2.45) is 0 Å². The topological polar surface area (TPSA) is 38.3 Å². The number of hydrogen-bond donors (Lipinski definition) is 1. The van der Waals surface area contributed by atoms with Gasteiger partial charge in [0.1, 0.15) is 0 Å². The summed E-state index contributed by atoms with van der Waals surface area (Å²) in [5.41, 5.74) is 1.13. The van der Waals surface area contributed by atoms with Crippen LogP contribution in [0.3, 0.4) is 0 Å². The highest BCUT2D eigenvalue weighted by Crippen LogP contribution is 2.20. The van der Waals surface area contributed by atoms with Crippen LogP contribution in [0, 0.1) is 0 Å². The number of nitrogens with one attached hydrogen (secondary N) is 1. The van der Waals surface area contributed by atoms with Gasteiger partial charge in [0.15, 0.2) is 0 Å². The molecule has 82 valence electrons. The number of alkyl carbamates (subject to hydrolysis) is 1. The molecule has 1 atom stereocenters. The number of ether oxygens (including phenoxy) is 1. The smallest absolute Gasteiger partial charge is 0.407 e. The van der Waals surface area contributed by atoms with Crippen LogP contribution >= 0.6 is 15.9 Å². The second-order valence-corrected chi connectivity index (χ2v) is 4.08. The molecule has 0 spiro atoms. The average Bonchev–Trinajstić information content (AvgIpc) is 2.27. The number of amides is 1. The van der Waals surface area contributed by atoms with Gasteiger partial charge in [0.05, 0.1) is 11.4 Å². The summed E-state index contributed by atoms with van der Waals surface area (Å²) >= 11 is 3.50. The van der Waals surface area contributed by atoms with Crippen molar-refractivity contribution in [2.45, 2.75) is 11.8 Å². The predicted octanol–water partition coefficient (Wildman–Crippen LogP) is 2.87. The fourth-order valence-electron chi connectivity index (χ4n) is 1.13. The van der Waals surface area contributed by atoms with Crippen LogP contribution in [-0.4, -0.2) is 19.2 Å². The fraction of sp³-hybridized carbons (Fsp3) is 0.364. The number of carbonyl (C=O) groups excluding carboxylic acids is 1. The molecule has 3 nitrogen and oxygen atoms in total. The molecule has 0 bridgehead atoms. The molecule has 1 unspecified atom stereocenters. The lowest BCUT2D eigenvalue weighted by Gasteiger charge is -2.11. The third-order valence-electron chi connectivity index (χ3n) is 1.86. The average molecular weight is 272 g/mol. The molecule has 0 heterocycles.